The third kappa shape index (κ3) is 3.93. The van der Waals surface area contributed by atoms with Gasteiger partial charge in [-0.15, -0.1) is 0 Å². The van der Waals surface area contributed by atoms with Crippen LogP contribution in [0, 0.1) is 0 Å². The zero-order valence-corrected chi connectivity index (χ0v) is 12.1. The van der Waals surface area contributed by atoms with E-state index in [1.54, 1.807) is 18.2 Å². The maximum atomic E-state index is 12.0. The first kappa shape index (κ1) is 15.3. The molecule has 7 heteroatoms. The average molecular weight is 325 g/mol. The van der Waals surface area contributed by atoms with Crippen LogP contribution >= 0.6 is 23.2 Å². The van der Waals surface area contributed by atoms with E-state index in [2.05, 4.69) is 10.3 Å². The topological polar surface area (TPSA) is 79.3 Å². The van der Waals surface area contributed by atoms with Crippen LogP contribution in [-0.4, -0.2) is 22.0 Å². The molecule has 2 rings (SSSR count). The Morgan fingerprint density at radius 2 is 1.86 bits per heavy atom. The molecule has 0 fully saturated rings. The van der Waals surface area contributed by atoms with Crippen molar-refractivity contribution in [2.75, 3.05) is 5.32 Å². The number of hydrogen-bond acceptors (Lipinski definition) is 3. The van der Waals surface area contributed by atoms with E-state index in [1.165, 1.54) is 18.3 Å². The summed E-state index contributed by atoms with van der Waals surface area (Å²) in [7, 11) is 0. The third-order valence-corrected chi connectivity index (χ3v) is 3.38. The number of amides is 1. The van der Waals surface area contributed by atoms with Crippen molar-refractivity contribution in [2.24, 2.45) is 0 Å². The van der Waals surface area contributed by atoms with E-state index in [1.807, 2.05) is 0 Å². The molecule has 1 aromatic heterocycles. The fourth-order valence-corrected chi connectivity index (χ4v) is 2.21. The van der Waals surface area contributed by atoms with Gasteiger partial charge in [0.05, 0.1) is 12.0 Å². The highest BCUT2D eigenvalue weighted by Gasteiger charge is 2.12. The molecule has 0 aliphatic carbocycles. The van der Waals surface area contributed by atoms with Gasteiger partial charge in [0, 0.05) is 16.2 Å². The molecular formula is C14H10Cl2N2O3. The summed E-state index contributed by atoms with van der Waals surface area (Å²) in [5.41, 5.74) is 0.545. The average Bonchev–Trinajstić information content (AvgIpc) is 2.43. The quantitative estimate of drug-likeness (QED) is 0.904. The van der Waals surface area contributed by atoms with Crippen LogP contribution in [0.5, 0.6) is 0 Å². The Balaban J connectivity index is 2.12. The lowest BCUT2D eigenvalue weighted by molar-refractivity contribution is -0.115. The molecule has 5 nitrogen and oxygen atoms in total. The van der Waals surface area contributed by atoms with Gasteiger partial charge in [0.2, 0.25) is 5.91 Å². The molecule has 0 aliphatic heterocycles. The molecule has 0 bridgehead atoms. The van der Waals surface area contributed by atoms with Crippen LogP contribution in [0.1, 0.15) is 15.9 Å². The summed E-state index contributed by atoms with van der Waals surface area (Å²) in [4.78, 5) is 26.7. The van der Waals surface area contributed by atoms with E-state index in [0.29, 0.717) is 15.6 Å². The maximum Gasteiger partial charge on any atom is 0.335 e. The van der Waals surface area contributed by atoms with Crippen LogP contribution in [0.2, 0.25) is 10.0 Å². The number of carboxylic acids is 1. The van der Waals surface area contributed by atoms with Crippen molar-refractivity contribution < 1.29 is 14.7 Å². The molecule has 1 amide bonds. The summed E-state index contributed by atoms with van der Waals surface area (Å²) in [6.45, 7) is 0. The van der Waals surface area contributed by atoms with Crippen molar-refractivity contribution in [3.8, 4) is 0 Å². The van der Waals surface area contributed by atoms with Crippen molar-refractivity contribution in [2.45, 2.75) is 6.42 Å². The summed E-state index contributed by atoms with van der Waals surface area (Å²) in [5, 5.41) is 12.2. The molecule has 1 aromatic carbocycles. The maximum absolute atomic E-state index is 12.0. The Hall–Kier alpha value is -2.11. The van der Waals surface area contributed by atoms with Gasteiger partial charge in [-0.2, -0.15) is 0 Å². The van der Waals surface area contributed by atoms with E-state index in [-0.39, 0.29) is 23.7 Å². The number of benzene rings is 1. The van der Waals surface area contributed by atoms with Gasteiger partial charge in [0.15, 0.2) is 0 Å². The lowest BCUT2D eigenvalue weighted by Crippen LogP contribution is -2.16. The molecule has 0 atom stereocenters. The second kappa shape index (κ2) is 6.56. The van der Waals surface area contributed by atoms with Gasteiger partial charge in [-0.25, -0.2) is 9.78 Å². The summed E-state index contributed by atoms with van der Waals surface area (Å²) in [6, 6.07) is 7.57. The van der Waals surface area contributed by atoms with Crippen molar-refractivity contribution in [3.63, 3.8) is 0 Å². The minimum Gasteiger partial charge on any atom is -0.478 e. The molecule has 0 saturated heterocycles. The third-order valence-electron chi connectivity index (χ3n) is 2.67. The fourth-order valence-electron chi connectivity index (χ4n) is 1.68. The second-order valence-corrected chi connectivity index (χ2v) is 4.97. The highest BCUT2D eigenvalue weighted by Crippen LogP contribution is 2.24. The number of nitrogens with one attached hydrogen (secondary N) is 1. The molecule has 108 valence electrons. The molecule has 0 spiro atoms. The lowest BCUT2D eigenvalue weighted by Gasteiger charge is -2.08. The van der Waals surface area contributed by atoms with Crippen LogP contribution in [0.3, 0.4) is 0 Å². The van der Waals surface area contributed by atoms with Gasteiger partial charge >= 0.3 is 5.97 Å². The molecule has 0 unspecified atom stereocenters. The highest BCUT2D eigenvalue weighted by atomic mass is 35.5. The van der Waals surface area contributed by atoms with Crippen molar-refractivity contribution in [1.82, 2.24) is 4.98 Å². The largest absolute Gasteiger partial charge is 0.478 e. The van der Waals surface area contributed by atoms with Gasteiger partial charge in [-0.1, -0.05) is 29.3 Å². The number of carboxylic acid groups (broad SMARTS) is 1. The first-order chi connectivity index (χ1) is 9.97. The van der Waals surface area contributed by atoms with Gasteiger partial charge in [-0.05, 0) is 29.8 Å². The zero-order chi connectivity index (χ0) is 15.4. The van der Waals surface area contributed by atoms with Gasteiger partial charge in [0.25, 0.3) is 0 Å². The van der Waals surface area contributed by atoms with Crippen LogP contribution in [-0.2, 0) is 11.2 Å². The second-order valence-electron chi connectivity index (χ2n) is 4.16. The molecule has 1 heterocycles. The van der Waals surface area contributed by atoms with Gasteiger partial charge in [-0.3, -0.25) is 4.79 Å². The molecule has 21 heavy (non-hydrogen) atoms. The van der Waals surface area contributed by atoms with Crippen LogP contribution < -0.4 is 5.32 Å². The van der Waals surface area contributed by atoms with E-state index in [4.69, 9.17) is 28.3 Å². The molecule has 0 saturated carbocycles. The highest BCUT2D eigenvalue weighted by molar-refractivity contribution is 6.36. The van der Waals surface area contributed by atoms with Crippen LogP contribution in [0.15, 0.2) is 36.5 Å². The number of nitrogens with zero attached hydrogens (tertiary/aromatic N) is 1. The molecule has 0 radical (unpaired) electrons. The lowest BCUT2D eigenvalue weighted by atomic mass is 10.1. The Labute approximate surface area is 130 Å². The normalized spacial score (nSPS) is 10.2. The number of pyridine rings is 1. The first-order valence-electron chi connectivity index (χ1n) is 5.89. The van der Waals surface area contributed by atoms with Crippen LogP contribution in [0.25, 0.3) is 0 Å². The Morgan fingerprint density at radius 1 is 1.19 bits per heavy atom. The number of aromatic nitrogens is 1. The van der Waals surface area contributed by atoms with Crippen molar-refractivity contribution >= 4 is 40.9 Å². The minimum atomic E-state index is -1.10. The van der Waals surface area contributed by atoms with Gasteiger partial charge < -0.3 is 10.4 Å². The smallest absolute Gasteiger partial charge is 0.335 e. The Morgan fingerprint density at radius 3 is 2.48 bits per heavy atom. The van der Waals surface area contributed by atoms with E-state index < -0.39 is 5.97 Å². The number of aromatic carboxylic acids is 1. The van der Waals surface area contributed by atoms with E-state index in [0.717, 1.165) is 0 Å². The molecule has 2 N–H and O–H groups in total. The zero-order valence-electron chi connectivity index (χ0n) is 10.6. The van der Waals surface area contributed by atoms with Crippen molar-refractivity contribution in [1.29, 1.82) is 0 Å². The molecular weight excluding hydrogens is 315 g/mol. The number of rotatable bonds is 4. The fraction of sp³-hybridized carbons (Fsp3) is 0.0714. The predicted molar refractivity (Wildman–Crippen MR) is 80.0 cm³/mol. The standard InChI is InChI=1S/C14H10Cl2N2O3/c15-10-2-1-3-11(16)9(10)7-13(19)18-12-6-8(14(20)21)4-5-17-12/h1-6H,7H2,(H,20,21)(H,17,18,19). The summed E-state index contributed by atoms with van der Waals surface area (Å²) in [6.07, 6.45) is 1.28. The summed E-state index contributed by atoms with van der Waals surface area (Å²) in [5.74, 6) is -1.33. The predicted octanol–water partition coefficient (Wildman–Crippen LogP) is 3.27. The minimum absolute atomic E-state index is 0.0303. The Kier molecular flexibility index (Phi) is 4.77. The first-order valence-corrected chi connectivity index (χ1v) is 6.65. The van der Waals surface area contributed by atoms with E-state index >= 15 is 0 Å². The number of carbonyl (C=O) groups is 2. The van der Waals surface area contributed by atoms with Gasteiger partial charge in [0.1, 0.15) is 5.82 Å². The SMILES string of the molecule is O=C(Cc1c(Cl)cccc1Cl)Nc1cc(C(=O)O)ccn1. The summed E-state index contributed by atoms with van der Waals surface area (Å²) >= 11 is 12.0. The number of anilines is 1. The molecule has 0 aliphatic rings. The number of carbonyl (C=O) groups excluding carboxylic acids is 1. The number of hydrogen-bond donors (Lipinski definition) is 2. The monoisotopic (exact) mass is 324 g/mol. The van der Waals surface area contributed by atoms with Crippen LogP contribution in [0.4, 0.5) is 5.82 Å². The number of halogens is 2. The summed E-state index contributed by atoms with van der Waals surface area (Å²) < 4.78 is 0. The van der Waals surface area contributed by atoms with Crippen molar-refractivity contribution in [3.05, 3.63) is 57.7 Å². The Bertz CT molecular complexity index is 684. The van der Waals surface area contributed by atoms with E-state index in [9.17, 15) is 9.59 Å². The molecule has 2 aromatic rings.